The summed E-state index contributed by atoms with van der Waals surface area (Å²) in [7, 11) is 0. The summed E-state index contributed by atoms with van der Waals surface area (Å²) in [5.74, 6) is -0.719. The highest BCUT2D eigenvalue weighted by molar-refractivity contribution is 6.30. The minimum atomic E-state index is -0.782. The molecule has 2 N–H and O–H groups in total. The minimum Gasteiger partial charge on any atom is -0.348 e. The van der Waals surface area contributed by atoms with Crippen molar-refractivity contribution in [3.05, 3.63) is 74.8 Å². The standard InChI is InChI=1S/C22H19ClN4O4/c1-12-25-17-7-2-13(11-24-20(29)14-3-5-15(23)6-4-14)10-16(17)22(31)27(12)18-8-9-19(28)26-21(18)30/h2-7,10,18H,8-9,11H2,1H3,(H,24,29)(H,26,28,30)/t18-/m0/s1. The molecule has 1 aliphatic heterocycles. The first-order valence-electron chi connectivity index (χ1n) is 9.73. The SMILES string of the molecule is Cc1nc2ccc(CNC(=O)c3ccc(Cl)cc3)cc2c(=O)n1[C@H]1CCC(=O)NC1=O. The summed E-state index contributed by atoms with van der Waals surface area (Å²) in [6.45, 7) is 1.87. The topological polar surface area (TPSA) is 110 Å². The second-order valence-electron chi connectivity index (χ2n) is 7.34. The normalized spacial score (nSPS) is 16.3. The van der Waals surface area contributed by atoms with Crippen LogP contribution in [0.5, 0.6) is 0 Å². The molecule has 0 saturated carbocycles. The summed E-state index contributed by atoms with van der Waals surface area (Å²) in [4.78, 5) is 53.7. The number of imide groups is 1. The van der Waals surface area contributed by atoms with Gasteiger partial charge in [-0.2, -0.15) is 0 Å². The van der Waals surface area contributed by atoms with Crippen LogP contribution in [-0.2, 0) is 16.1 Å². The molecule has 0 spiro atoms. The zero-order chi connectivity index (χ0) is 22.1. The Morgan fingerprint density at radius 3 is 2.65 bits per heavy atom. The van der Waals surface area contributed by atoms with Crippen LogP contribution in [0.2, 0.25) is 5.02 Å². The molecule has 2 aromatic carbocycles. The maximum atomic E-state index is 13.2. The summed E-state index contributed by atoms with van der Waals surface area (Å²) < 4.78 is 1.33. The van der Waals surface area contributed by atoms with Crippen LogP contribution in [-0.4, -0.2) is 27.3 Å². The molecule has 31 heavy (non-hydrogen) atoms. The minimum absolute atomic E-state index is 0.164. The van der Waals surface area contributed by atoms with Crippen LogP contribution in [0, 0.1) is 6.92 Å². The Kier molecular flexibility index (Phi) is 5.56. The van der Waals surface area contributed by atoms with Crippen molar-refractivity contribution < 1.29 is 14.4 Å². The molecule has 1 fully saturated rings. The van der Waals surface area contributed by atoms with Gasteiger partial charge in [0.05, 0.1) is 10.9 Å². The fourth-order valence-corrected chi connectivity index (χ4v) is 3.77. The molecule has 1 saturated heterocycles. The quantitative estimate of drug-likeness (QED) is 0.607. The summed E-state index contributed by atoms with van der Waals surface area (Å²) in [6.07, 6.45) is 0.409. The summed E-state index contributed by atoms with van der Waals surface area (Å²) in [6, 6.07) is 10.9. The van der Waals surface area contributed by atoms with E-state index < -0.39 is 11.9 Å². The van der Waals surface area contributed by atoms with E-state index in [-0.39, 0.29) is 36.8 Å². The Balaban J connectivity index is 1.61. The fourth-order valence-electron chi connectivity index (χ4n) is 3.65. The number of fused-ring (bicyclic) bond motifs is 1. The molecule has 0 bridgehead atoms. The van der Waals surface area contributed by atoms with Crippen molar-refractivity contribution in [2.24, 2.45) is 0 Å². The molecule has 8 nitrogen and oxygen atoms in total. The molecule has 0 unspecified atom stereocenters. The van der Waals surface area contributed by atoms with Crippen LogP contribution in [0.3, 0.4) is 0 Å². The molecule has 9 heteroatoms. The third kappa shape index (κ3) is 4.20. The van der Waals surface area contributed by atoms with Gasteiger partial charge in [0.25, 0.3) is 11.5 Å². The number of aryl methyl sites for hydroxylation is 1. The molecule has 158 valence electrons. The van der Waals surface area contributed by atoms with Gasteiger partial charge >= 0.3 is 0 Å². The molecular weight excluding hydrogens is 420 g/mol. The number of hydrogen-bond donors (Lipinski definition) is 2. The summed E-state index contributed by atoms with van der Waals surface area (Å²) in [5.41, 5.74) is 1.33. The summed E-state index contributed by atoms with van der Waals surface area (Å²) >= 11 is 5.84. The van der Waals surface area contributed by atoms with Crippen molar-refractivity contribution >= 4 is 40.2 Å². The first-order valence-corrected chi connectivity index (χ1v) is 10.1. The van der Waals surface area contributed by atoms with E-state index in [1.165, 1.54) is 4.57 Å². The van der Waals surface area contributed by atoms with E-state index in [0.717, 1.165) is 0 Å². The van der Waals surface area contributed by atoms with Gasteiger partial charge in [0.2, 0.25) is 11.8 Å². The third-order valence-electron chi connectivity index (χ3n) is 5.22. The van der Waals surface area contributed by atoms with E-state index in [9.17, 15) is 19.2 Å². The Morgan fingerprint density at radius 1 is 1.19 bits per heavy atom. The molecule has 0 radical (unpaired) electrons. The van der Waals surface area contributed by atoms with Gasteiger partial charge in [-0.05, 0) is 55.3 Å². The predicted molar refractivity (Wildman–Crippen MR) is 115 cm³/mol. The average molecular weight is 439 g/mol. The molecule has 3 aromatic rings. The van der Waals surface area contributed by atoms with Gasteiger partial charge in [-0.3, -0.25) is 29.1 Å². The van der Waals surface area contributed by atoms with E-state index in [4.69, 9.17) is 11.6 Å². The second kappa shape index (κ2) is 8.31. The molecule has 1 aromatic heterocycles. The van der Waals surface area contributed by atoms with Gasteiger partial charge in [0, 0.05) is 23.6 Å². The van der Waals surface area contributed by atoms with Gasteiger partial charge < -0.3 is 5.32 Å². The van der Waals surface area contributed by atoms with Crippen LogP contribution in [0.1, 0.15) is 40.6 Å². The number of piperidine rings is 1. The first-order chi connectivity index (χ1) is 14.8. The van der Waals surface area contributed by atoms with Gasteiger partial charge in [0.15, 0.2) is 0 Å². The number of carbonyl (C=O) groups is 3. The molecule has 1 atom stereocenters. The lowest BCUT2D eigenvalue weighted by Gasteiger charge is -2.24. The summed E-state index contributed by atoms with van der Waals surface area (Å²) in [5, 5.41) is 5.96. The largest absolute Gasteiger partial charge is 0.348 e. The zero-order valence-corrected chi connectivity index (χ0v) is 17.4. The number of aromatic nitrogens is 2. The van der Waals surface area contributed by atoms with E-state index in [1.54, 1.807) is 49.4 Å². The zero-order valence-electron chi connectivity index (χ0n) is 16.6. The maximum absolute atomic E-state index is 13.2. The van der Waals surface area contributed by atoms with Crippen molar-refractivity contribution in [1.82, 2.24) is 20.2 Å². The molecular formula is C22H19ClN4O4. The number of halogens is 1. The van der Waals surface area contributed by atoms with Crippen molar-refractivity contribution in [2.75, 3.05) is 0 Å². The Morgan fingerprint density at radius 2 is 1.94 bits per heavy atom. The smallest absolute Gasteiger partial charge is 0.262 e. The lowest BCUT2D eigenvalue weighted by Crippen LogP contribution is -2.45. The van der Waals surface area contributed by atoms with E-state index >= 15 is 0 Å². The molecule has 0 aliphatic carbocycles. The number of amides is 3. The maximum Gasteiger partial charge on any atom is 0.262 e. The highest BCUT2D eigenvalue weighted by Crippen LogP contribution is 2.20. The fraction of sp³-hybridized carbons (Fsp3) is 0.227. The van der Waals surface area contributed by atoms with Crippen LogP contribution in [0.25, 0.3) is 10.9 Å². The van der Waals surface area contributed by atoms with E-state index in [0.29, 0.717) is 32.9 Å². The number of nitrogens with zero attached hydrogens (tertiary/aromatic N) is 2. The van der Waals surface area contributed by atoms with Crippen LogP contribution < -0.4 is 16.2 Å². The average Bonchev–Trinajstić information content (AvgIpc) is 2.74. The van der Waals surface area contributed by atoms with Crippen LogP contribution in [0.15, 0.2) is 47.3 Å². The molecule has 4 rings (SSSR count). The molecule has 2 heterocycles. The highest BCUT2D eigenvalue weighted by Gasteiger charge is 2.30. The van der Waals surface area contributed by atoms with Crippen molar-refractivity contribution in [3.63, 3.8) is 0 Å². The first kappa shape index (κ1) is 20.7. The number of hydrogen-bond acceptors (Lipinski definition) is 5. The van der Waals surface area contributed by atoms with Gasteiger partial charge in [-0.1, -0.05) is 17.7 Å². The molecule has 3 amide bonds. The van der Waals surface area contributed by atoms with Crippen LogP contribution >= 0.6 is 11.6 Å². The van der Waals surface area contributed by atoms with Gasteiger partial charge in [-0.15, -0.1) is 0 Å². The lowest BCUT2D eigenvalue weighted by molar-refractivity contribution is -0.135. The van der Waals surface area contributed by atoms with E-state index in [1.807, 2.05) is 0 Å². The molecule has 1 aliphatic rings. The Hall–Kier alpha value is -3.52. The lowest BCUT2D eigenvalue weighted by atomic mass is 10.0. The van der Waals surface area contributed by atoms with Crippen molar-refractivity contribution in [2.45, 2.75) is 32.4 Å². The number of carbonyl (C=O) groups excluding carboxylic acids is 3. The van der Waals surface area contributed by atoms with Gasteiger partial charge in [-0.25, -0.2) is 4.98 Å². The Labute approximate surface area is 182 Å². The van der Waals surface area contributed by atoms with Crippen molar-refractivity contribution in [3.8, 4) is 0 Å². The van der Waals surface area contributed by atoms with Crippen LogP contribution in [0.4, 0.5) is 0 Å². The highest BCUT2D eigenvalue weighted by atomic mass is 35.5. The third-order valence-corrected chi connectivity index (χ3v) is 5.47. The monoisotopic (exact) mass is 438 g/mol. The van der Waals surface area contributed by atoms with Gasteiger partial charge in [0.1, 0.15) is 11.9 Å². The number of benzene rings is 2. The number of rotatable bonds is 4. The second-order valence-corrected chi connectivity index (χ2v) is 7.78. The predicted octanol–water partition coefficient (Wildman–Crippen LogP) is 2.27. The van der Waals surface area contributed by atoms with Crippen molar-refractivity contribution in [1.29, 1.82) is 0 Å². The Bertz CT molecular complexity index is 1270. The number of nitrogens with one attached hydrogen (secondary N) is 2. The van der Waals surface area contributed by atoms with E-state index in [2.05, 4.69) is 15.6 Å².